The van der Waals surface area contributed by atoms with Crippen molar-refractivity contribution in [2.75, 3.05) is 20.2 Å². The van der Waals surface area contributed by atoms with E-state index in [4.69, 9.17) is 14.9 Å². The molecule has 1 aliphatic rings. The van der Waals surface area contributed by atoms with Gasteiger partial charge in [0.25, 0.3) is 5.91 Å². The van der Waals surface area contributed by atoms with Crippen molar-refractivity contribution in [1.82, 2.24) is 10.6 Å². The van der Waals surface area contributed by atoms with Crippen LogP contribution in [0, 0.1) is 5.92 Å². The number of nitrogens with zero attached hydrogens (tertiary/aromatic N) is 1. The molecular formula is C18H30N4O3. The van der Waals surface area contributed by atoms with Crippen LogP contribution in [0.4, 0.5) is 0 Å². The number of furan rings is 1. The highest BCUT2D eigenvalue weighted by Gasteiger charge is 2.25. The van der Waals surface area contributed by atoms with Gasteiger partial charge in [0.05, 0.1) is 12.6 Å². The highest BCUT2D eigenvalue weighted by molar-refractivity contribution is 5.89. The van der Waals surface area contributed by atoms with Crippen LogP contribution in [0.3, 0.4) is 0 Å². The lowest BCUT2D eigenvalue weighted by Crippen LogP contribution is -2.39. The lowest BCUT2D eigenvalue weighted by Gasteiger charge is -2.23. The Kier molecular flexibility index (Phi) is 7.78. The third kappa shape index (κ3) is 6.08. The van der Waals surface area contributed by atoms with E-state index in [-0.39, 0.29) is 5.76 Å². The van der Waals surface area contributed by atoms with Crippen LogP contribution in [-0.4, -0.2) is 38.2 Å². The van der Waals surface area contributed by atoms with Crippen LogP contribution in [0.25, 0.3) is 0 Å². The van der Waals surface area contributed by atoms with Gasteiger partial charge in [-0.2, -0.15) is 0 Å². The van der Waals surface area contributed by atoms with Gasteiger partial charge in [-0.25, -0.2) is 0 Å². The molecule has 7 nitrogen and oxygen atoms in total. The Hall–Kier alpha value is -2.02. The highest BCUT2D eigenvalue weighted by atomic mass is 16.5. The third-order valence-electron chi connectivity index (χ3n) is 4.59. The summed E-state index contributed by atoms with van der Waals surface area (Å²) in [6.07, 6.45) is 6.48. The molecule has 7 heteroatoms. The molecule has 1 heterocycles. The van der Waals surface area contributed by atoms with Gasteiger partial charge in [-0.15, -0.1) is 0 Å². The molecule has 0 saturated heterocycles. The number of nitrogens with one attached hydrogen (secondary N) is 2. The molecule has 1 atom stereocenters. The van der Waals surface area contributed by atoms with E-state index >= 15 is 0 Å². The number of aliphatic imine (C=N–C) groups is 1. The zero-order valence-corrected chi connectivity index (χ0v) is 15.2. The van der Waals surface area contributed by atoms with E-state index in [0.29, 0.717) is 30.3 Å². The first-order chi connectivity index (χ1) is 12.1. The van der Waals surface area contributed by atoms with Crippen LogP contribution in [0.5, 0.6) is 0 Å². The van der Waals surface area contributed by atoms with E-state index in [1.807, 2.05) is 0 Å². The Morgan fingerprint density at radius 2 is 2.16 bits per heavy atom. The summed E-state index contributed by atoms with van der Waals surface area (Å²) in [6.45, 7) is 4.05. The first kappa shape index (κ1) is 19.3. The Labute approximate surface area is 149 Å². The van der Waals surface area contributed by atoms with E-state index in [9.17, 15) is 4.79 Å². The van der Waals surface area contributed by atoms with Crippen molar-refractivity contribution < 1.29 is 13.9 Å². The SMILES string of the molecule is CCOC(CCNC(=NC)NCc1ccc(C(N)=O)o1)C1CCCC1. The molecule has 0 spiro atoms. The second-order valence-corrected chi connectivity index (χ2v) is 6.31. The molecule has 1 unspecified atom stereocenters. The number of hydrogen-bond donors (Lipinski definition) is 3. The summed E-state index contributed by atoms with van der Waals surface area (Å²) in [5, 5.41) is 6.47. The third-order valence-corrected chi connectivity index (χ3v) is 4.59. The van der Waals surface area contributed by atoms with Gasteiger partial charge in [-0.1, -0.05) is 12.8 Å². The fraction of sp³-hybridized carbons (Fsp3) is 0.667. The van der Waals surface area contributed by atoms with Gasteiger partial charge < -0.3 is 25.5 Å². The summed E-state index contributed by atoms with van der Waals surface area (Å²) in [4.78, 5) is 15.2. The summed E-state index contributed by atoms with van der Waals surface area (Å²) in [5.41, 5.74) is 5.18. The molecule has 140 valence electrons. The number of carbonyl (C=O) groups excluding carboxylic acids is 1. The van der Waals surface area contributed by atoms with Crippen molar-refractivity contribution >= 4 is 11.9 Å². The van der Waals surface area contributed by atoms with Gasteiger partial charge >= 0.3 is 0 Å². The summed E-state index contributed by atoms with van der Waals surface area (Å²) < 4.78 is 11.3. The summed E-state index contributed by atoms with van der Waals surface area (Å²) in [7, 11) is 1.73. The molecule has 1 fully saturated rings. The summed E-state index contributed by atoms with van der Waals surface area (Å²) in [5.74, 6) is 1.61. The lowest BCUT2D eigenvalue weighted by molar-refractivity contribution is 0.0169. The van der Waals surface area contributed by atoms with Crippen LogP contribution >= 0.6 is 0 Å². The number of hydrogen-bond acceptors (Lipinski definition) is 4. The quantitative estimate of drug-likeness (QED) is 0.467. The van der Waals surface area contributed by atoms with Crippen molar-refractivity contribution in [2.45, 2.75) is 51.7 Å². The molecule has 1 amide bonds. The van der Waals surface area contributed by atoms with Gasteiger partial charge in [-0.3, -0.25) is 9.79 Å². The first-order valence-corrected chi connectivity index (χ1v) is 9.08. The van der Waals surface area contributed by atoms with Crippen LogP contribution in [-0.2, 0) is 11.3 Å². The second-order valence-electron chi connectivity index (χ2n) is 6.31. The zero-order chi connectivity index (χ0) is 18.1. The maximum atomic E-state index is 11.0. The van der Waals surface area contributed by atoms with Crippen molar-refractivity contribution in [3.8, 4) is 0 Å². The monoisotopic (exact) mass is 350 g/mol. The fourth-order valence-corrected chi connectivity index (χ4v) is 3.33. The molecule has 0 aromatic carbocycles. The van der Waals surface area contributed by atoms with Crippen LogP contribution < -0.4 is 16.4 Å². The first-order valence-electron chi connectivity index (χ1n) is 9.08. The number of ether oxygens (including phenoxy) is 1. The number of amides is 1. The van der Waals surface area contributed by atoms with Gasteiger partial charge in [-0.05, 0) is 44.2 Å². The largest absolute Gasteiger partial charge is 0.454 e. The molecular weight excluding hydrogens is 320 g/mol. The van der Waals surface area contributed by atoms with Crippen molar-refractivity contribution in [3.05, 3.63) is 23.7 Å². The van der Waals surface area contributed by atoms with Crippen molar-refractivity contribution in [2.24, 2.45) is 16.6 Å². The minimum absolute atomic E-state index is 0.163. The summed E-state index contributed by atoms with van der Waals surface area (Å²) >= 11 is 0. The average molecular weight is 350 g/mol. The number of rotatable bonds is 9. The van der Waals surface area contributed by atoms with E-state index in [1.54, 1.807) is 19.2 Å². The Balaban J connectivity index is 1.74. The fourth-order valence-electron chi connectivity index (χ4n) is 3.33. The van der Waals surface area contributed by atoms with Crippen molar-refractivity contribution in [1.29, 1.82) is 0 Å². The second kappa shape index (κ2) is 10.1. The van der Waals surface area contributed by atoms with E-state index in [0.717, 1.165) is 19.6 Å². The predicted octanol–water partition coefficient (Wildman–Crippen LogP) is 2.03. The lowest BCUT2D eigenvalue weighted by atomic mass is 9.98. The molecule has 1 aromatic rings. The average Bonchev–Trinajstić information content (AvgIpc) is 3.28. The zero-order valence-electron chi connectivity index (χ0n) is 15.2. The molecule has 0 aliphatic heterocycles. The molecule has 0 bridgehead atoms. The standard InChI is InChI=1S/C18H30N4O3/c1-3-24-15(13-6-4-5-7-13)10-11-21-18(20-2)22-12-14-8-9-16(25-14)17(19)23/h8-9,13,15H,3-7,10-12H2,1-2H3,(H2,19,23)(H2,20,21,22). The maximum Gasteiger partial charge on any atom is 0.284 e. The predicted molar refractivity (Wildman–Crippen MR) is 97.4 cm³/mol. The Morgan fingerprint density at radius 3 is 2.76 bits per heavy atom. The van der Waals surface area contributed by atoms with E-state index in [2.05, 4.69) is 22.5 Å². The minimum Gasteiger partial charge on any atom is -0.454 e. The molecule has 1 aliphatic carbocycles. The smallest absolute Gasteiger partial charge is 0.284 e. The topological polar surface area (TPSA) is 102 Å². The number of carbonyl (C=O) groups is 1. The molecule has 0 radical (unpaired) electrons. The number of primary amides is 1. The highest BCUT2D eigenvalue weighted by Crippen LogP contribution is 2.30. The molecule has 25 heavy (non-hydrogen) atoms. The van der Waals surface area contributed by atoms with Crippen LogP contribution in [0.15, 0.2) is 21.5 Å². The molecule has 2 rings (SSSR count). The molecule has 1 aromatic heterocycles. The minimum atomic E-state index is -0.567. The Morgan fingerprint density at radius 1 is 1.40 bits per heavy atom. The Bertz CT molecular complexity index is 564. The van der Waals surface area contributed by atoms with Crippen LogP contribution in [0.1, 0.15) is 55.3 Å². The number of nitrogens with two attached hydrogens (primary N) is 1. The van der Waals surface area contributed by atoms with E-state index < -0.39 is 5.91 Å². The van der Waals surface area contributed by atoms with Gasteiger partial charge in [0.2, 0.25) is 0 Å². The number of guanidine groups is 1. The van der Waals surface area contributed by atoms with Crippen molar-refractivity contribution in [3.63, 3.8) is 0 Å². The summed E-state index contributed by atoms with van der Waals surface area (Å²) in [6, 6.07) is 3.30. The normalized spacial score (nSPS) is 16.8. The molecule has 1 saturated carbocycles. The van der Waals surface area contributed by atoms with Gasteiger partial charge in [0.1, 0.15) is 5.76 Å². The molecule has 4 N–H and O–H groups in total. The maximum absolute atomic E-state index is 11.0. The van der Waals surface area contributed by atoms with E-state index in [1.165, 1.54) is 25.7 Å². The van der Waals surface area contributed by atoms with Gasteiger partial charge in [0.15, 0.2) is 11.7 Å². The van der Waals surface area contributed by atoms with Crippen LogP contribution in [0.2, 0.25) is 0 Å². The van der Waals surface area contributed by atoms with Gasteiger partial charge in [0, 0.05) is 20.2 Å².